The Morgan fingerprint density at radius 1 is 0.885 bits per heavy atom. The number of nitrogens with one attached hydrogen (secondary N) is 2. The van der Waals surface area contributed by atoms with Crippen LogP contribution in [0.1, 0.15) is 37.7 Å². The van der Waals surface area contributed by atoms with Crippen molar-refractivity contribution in [2.75, 3.05) is 0 Å². The minimum atomic E-state index is -2.06. The fourth-order valence-corrected chi connectivity index (χ4v) is 2.50. The monoisotopic (exact) mass is 368 g/mol. The van der Waals surface area contributed by atoms with Gasteiger partial charge in [0.25, 0.3) is 11.6 Å². The quantitative estimate of drug-likeness (QED) is 0.352. The molecule has 2 rings (SSSR count). The number of aliphatic hydroxyl groups is 2. The van der Waals surface area contributed by atoms with E-state index >= 15 is 0 Å². The maximum Gasteiger partial charge on any atom is 0.339 e. The van der Waals surface area contributed by atoms with Gasteiger partial charge in [-0.15, -0.1) is 0 Å². The number of ether oxygens (including phenoxy) is 2. The van der Waals surface area contributed by atoms with E-state index in [1.165, 1.54) is 0 Å². The van der Waals surface area contributed by atoms with Gasteiger partial charge in [0.1, 0.15) is 24.8 Å². The maximum absolute atomic E-state index is 12.0. The number of aryl methyl sites for hydroxylation is 2. The van der Waals surface area contributed by atoms with Crippen LogP contribution in [0, 0.1) is 0 Å². The summed E-state index contributed by atoms with van der Waals surface area (Å²) in [7, 11) is 3.50. The number of carbonyl (C=O) groups excluding carboxylic acids is 2. The number of hydrogen-bond donors (Lipinski definition) is 4. The van der Waals surface area contributed by atoms with Crippen LogP contribution >= 0.6 is 0 Å². The number of aromatic amines is 2. The van der Waals surface area contributed by atoms with Crippen molar-refractivity contribution < 1.29 is 38.4 Å². The molecule has 2 aromatic heterocycles. The first-order valence-corrected chi connectivity index (χ1v) is 8.05. The molecule has 26 heavy (non-hydrogen) atoms. The number of hydrogen-bond acceptors (Lipinski definition) is 6. The average molecular weight is 368 g/mol. The Labute approximate surface area is 150 Å². The number of imidazole rings is 2. The highest BCUT2D eigenvalue weighted by atomic mass is 16.6. The minimum Gasteiger partial charge on any atom is -0.448 e. The third-order valence-corrected chi connectivity index (χ3v) is 3.96. The van der Waals surface area contributed by atoms with E-state index in [0.717, 1.165) is 0 Å². The summed E-state index contributed by atoms with van der Waals surface area (Å²) in [6.07, 6.45) is 1.22. The van der Waals surface area contributed by atoms with Gasteiger partial charge in [0.2, 0.25) is 0 Å². The van der Waals surface area contributed by atoms with Crippen LogP contribution in [-0.4, -0.2) is 44.3 Å². The molecule has 0 amide bonds. The highest BCUT2D eigenvalue weighted by molar-refractivity contribution is 5.85. The van der Waals surface area contributed by atoms with Crippen molar-refractivity contribution in [3.05, 3.63) is 36.4 Å². The molecule has 4 atom stereocenters. The number of aromatic nitrogens is 4. The molecule has 0 spiro atoms. The molecule has 4 unspecified atom stereocenters. The van der Waals surface area contributed by atoms with E-state index in [0.29, 0.717) is 11.6 Å². The molecule has 0 bridgehead atoms. The molecule has 2 heterocycles. The Morgan fingerprint density at radius 2 is 1.23 bits per heavy atom. The van der Waals surface area contributed by atoms with Gasteiger partial charge in [-0.25, -0.2) is 28.7 Å². The number of H-pyrrole nitrogens is 2. The molecule has 0 fully saturated rings. The van der Waals surface area contributed by atoms with Gasteiger partial charge in [-0.2, -0.15) is 0 Å². The molecule has 4 N–H and O–H groups in total. The number of nitrogens with zero attached hydrogens (tertiary/aromatic N) is 2. The SMILES string of the molecule is CC(OC(=O)C(O)C(O)C(=O)OC(C)c1[nH]cc[n+]1C)c1[nH]cc[n+]1C. The van der Waals surface area contributed by atoms with Gasteiger partial charge in [0.15, 0.2) is 24.4 Å². The van der Waals surface area contributed by atoms with Crippen molar-refractivity contribution in [3.63, 3.8) is 0 Å². The van der Waals surface area contributed by atoms with Crippen molar-refractivity contribution in [2.24, 2.45) is 14.1 Å². The second kappa shape index (κ2) is 8.11. The average Bonchev–Trinajstić information content (AvgIpc) is 3.21. The van der Waals surface area contributed by atoms with Crippen LogP contribution in [0.15, 0.2) is 24.8 Å². The van der Waals surface area contributed by atoms with Crippen molar-refractivity contribution >= 4 is 11.9 Å². The molecule has 0 aliphatic carbocycles. The molecule has 2 aromatic rings. The zero-order chi connectivity index (χ0) is 19.4. The molecule has 0 radical (unpaired) electrons. The lowest BCUT2D eigenvalue weighted by Gasteiger charge is -2.18. The standard InChI is InChI=1S/C16H22N4O6/c1-9(13-17-5-7-19(13)3)25-15(23)11(21)12(22)16(24)26-10(2)14-18-6-8-20(14)4/h5-12,21-22H,1-4H3/p+2. The van der Waals surface area contributed by atoms with Gasteiger partial charge in [-0.05, 0) is 13.8 Å². The predicted molar refractivity (Wildman–Crippen MR) is 85.0 cm³/mol. The molecule has 0 aliphatic rings. The van der Waals surface area contributed by atoms with Gasteiger partial charge < -0.3 is 19.7 Å². The summed E-state index contributed by atoms with van der Waals surface area (Å²) in [6, 6.07) is 0. The molecule has 0 aliphatic heterocycles. The lowest BCUT2D eigenvalue weighted by molar-refractivity contribution is -0.681. The summed E-state index contributed by atoms with van der Waals surface area (Å²) < 4.78 is 13.6. The molecule has 0 saturated carbocycles. The van der Waals surface area contributed by atoms with E-state index in [9.17, 15) is 19.8 Å². The summed E-state index contributed by atoms with van der Waals surface area (Å²) in [5.74, 6) is -1.10. The van der Waals surface area contributed by atoms with Crippen LogP contribution in [-0.2, 0) is 33.2 Å². The van der Waals surface area contributed by atoms with Crippen molar-refractivity contribution in [1.82, 2.24) is 9.97 Å². The van der Waals surface area contributed by atoms with Crippen LogP contribution in [0.4, 0.5) is 0 Å². The van der Waals surface area contributed by atoms with E-state index in [1.54, 1.807) is 61.9 Å². The smallest absolute Gasteiger partial charge is 0.339 e. The zero-order valence-corrected chi connectivity index (χ0v) is 15.0. The first-order chi connectivity index (χ1) is 12.2. The van der Waals surface area contributed by atoms with E-state index in [2.05, 4.69) is 9.97 Å². The summed E-state index contributed by atoms with van der Waals surface area (Å²) in [6.45, 7) is 3.18. The van der Waals surface area contributed by atoms with E-state index in [-0.39, 0.29) is 0 Å². The second-order valence-corrected chi connectivity index (χ2v) is 5.96. The first-order valence-electron chi connectivity index (χ1n) is 8.05. The number of carbonyl (C=O) groups is 2. The van der Waals surface area contributed by atoms with Gasteiger partial charge in [0.05, 0.1) is 14.1 Å². The fourth-order valence-electron chi connectivity index (χ4n) is 2.50. The van der Waals surface area contributed by atoms with Crippen LogP contribution < -0.4 is 9.13 Å². The molecule has 0 saturated heterocycles. The Morgan fingerprint density at radius 3 is 1.50 bits per heavy atom. The number of rotatable bonds is 7. The Hall–Kier alpha value is -2.72. The second-order valence-electron chi connectivity index (χ2n) is 5.96. The van der Waals surface area contributed by atoms with Gasteiger partial charge in [0, 0.05) is 0 Å². The molecular formula is C16H24N4O6+2. The summed E-state index contributed by atoms with van der Waals surface area (Å²) >= 11 is 0. The van der Waals surface area contributed by atoms with E-state index in [1.807, 2.05) is 0 Å². The molecule has 142 valence electrons. The zero-order valence-electron chi connectivity index (χ0n) is 15.0. The Balaban J connectivity index is 1.93. The molecular weight excluding hydrogens is 344 g/mol. The highest BCUT2D eigenvalue weighted by Crippen LogP contribution is 2.15. The van der Waals surface area contributed by atoms with Crippen LogP contribution in [0.3, 0.4) is 0 Å². The lowest BCUT2D eigenvalue weighted by Crippen LogP contribution is -2.43. The normalized spacial score (nSPS) is 15.8. The van der Waals surface area contributed by atoms with Crippen molar-refractivity contribution in [2.45, 2.75) is 38.3 Å². The third-order valence-electron chi connectivity index (χ3n) is 3.96. The Kier molecular flexibility index (Phi) is 6.11. The third kappa shape index (κ3) is 4.27. The molecule has 10 heteroatoms. The van der Waals surface area contributed by atoms with Crippen LogP contribution in [0.5, 0.6) is 0 Å². The summed E-state index contributed by atoms with van der Waals surface area (Å²) in [5.41, 5.74) is 0. The lowest BCUT2D eigenvalue weighted by atomic mass is 10.2. The largest absolute Gasteiger partial charge is 0.448 e. The summed E-state index contributed by atoms with van der Waals surface area (Å²) in [4.78, 5) is 29.8. The van der Waals surface area contributed by atoms with E-state index < -0.39 is 36.4 Å². The summed E-state index contributed by atoms with van der Waals surface area (Å²) in [5, 5.41) is 19.8. The molecule has 0 aromatic carbocycles. The van der Waals surface area contributed by atoms with Crippen molar-refractivity contribution in [1.29, 1.82) is 0 Å². The topological polar surface area (TPSA) is 132 Å². The van der Waals surface area contributed by atoms with Gasteiger partial charge in [-0.3, -0.25) is 0 Å². The Bertz CT molecular complexity index is 706. The van der Waals surface area contributed by atoms with Crippen LogP contribution in [0.2, 0.25) is 0 Å². The van der Waals surface area contributed by atoms with Gasteiger partial charge in [-0.1, -0.05) is 0 Å². The van der Waals surface area contributed by atoms with E-state index in [4.69, 9.17) is 9.47 Å². The van der Waals surface area contributed by atoms with Crippen LogP contribution in [0.25, 0.3) is 0 Å². The number of esters is 2. The molecule has 10 nitrogen and oxygen atoms in total. The fraction of sp³-hybridized carbons (Fsp3) is 0.500. The first kappa shape index (κ1) is 19.6. The minimum absolute atomic E-state index is 0.579. The van der Waals surface area contributed by atoms with Gasteiger partial charge >= 0.3 is 11.9 Å². The number of aliphatic hydroxyl groups excluding tert-OH is 2. The maximum atomic E-state index is 12.0. The predicted octanol–water partition coefficient (Wildman–Crippen LogP) is -1.38. The van der Waals surface area contributed by atoms with Crippen molar-refractivity contribution in [3.8, 4) is 0 Å². The highest BCUT2D eigenvalue weighted by Gasteiger charge is 2.36.